The van der Waals surface area contributed by atoms with Crippen molar-refractivity contribution < 1.29 is 9.53 Å². The Morgan fingerprint density at radius 2 is 2.09 bits per heavy atom. The first-order chi connectivity index (χ1) is 15.5. The van der Waals surface area contributed by atoms with E-state index in [1.807, 2.05) is 16.9 Å². The van der Waals surface area contributed by atoms with Crippen molar-refractivity contribution in [1.82, 2.24) is 25.1 Å². The van der Waals surface area contributed by atoms with E-state index >= 15 is 0 Å². The number of anilines is 2. The Hall–Kier alpha value is -3.48. The Balaban J connectivity index is 1.59. The van der Waals surface area contributed by atoms with Crippen molar-refractivity contribution in [3.63, 3.8) is 0 Å². The van der Waals surface area contributed by atoms with E-state index in [-0.39, 0.29) is 5.91 Å². The normalized spacial score (nSPS) is 15.0. The standard InChI is InChI=1S/C22H22ClN7O2/c1-14(10-24)27-21(31)18-5-3-2-4-17(18)20-19(23)12-25-22(29-20)28-15-11-26-30(13-15)16-6-8-32-9-7-16/h2-5,11-14,16H,6-9H2,1H3,(H,27,31)(H,25,28,29). The number of nitrogens with zero attached hydrogens (tertiary/aromatic N) is 5. The fourth-order valence-corrected chi connectivity index (χ4v) is 3.68. The van der Waals surface area contributed by atoms with Gasteiger partial charge in [-0.2, -0.15) is 10.4 Å². The molecule has 9 nitrogen and oxygen atoms in total. The highest BCUT2D eigenvalue weighted by Gasteiger charge is 2.19. The molecule has 1 aliphatic heterocycles. The molecule has 0 bridgehead atoms. The van der Waals surface area contributed by atoms with Crippen LogP contribution in [0.25, 0.3) is 11.3 Å². The largest absolute Gasteiger partial charge is 0.381 e. The van der Waals surface area contributed by atoms with Gasteiger partial charge in [0.1, 0.15) is 6.04 Å². The first kappa shape index (κ1) is 21.7. The zero-order valence-electron chi connectivity index (χ0n) is 17.5. The smallest absolute Gasteiger partial charge is 0.252 e. The number of amides is 1. The minimum absolute atomic E-state index is 0.307. The number of halogens is 1. The Kier molecular flexibility index (Phi) is 6.63. The van der Waals surface area contributed by atoms with E-state index in [2.05, 4.69) is 25.7 Å². The highest BCUT2D eigenvalue weighted by atomic mass is 35.5. The van der Waals surface area contributed by atoms with Crippen molar-refractivity contribution in [2.24, 2.45) is 0 Å². The number of hydrogen-bond donors (Lipinski definition) is 2. The van der Waals surface area contributed by atoms with Gasteiger partial charge < -0.3 is 15.4 Å². The van der Waals surface area contributed by atoms with Crippen LogP contribution >= 0.6 is 11.6 Å². The molecule has 0 aliphatic carbocycles. The summed E-state index contributed by atoms with van der Waals surface area (Å²) in [6.07, 6.45) is 6.97. The summed E-state index contributed by atoms with van der Waals surface area (Å²) < 4.78 is 7.34. The van der Waals surface area contributed by atoms with Crippen molar-refractivity contribution in [2.45, 2.75) is 31.8 Å². The molecule has 2 N–H and O–H groups in total. The Morgan fingerprint density at radius 1 is 1.31 bits per heavy atom. The molecule has 0 saturated carbocycles. The molecule has 1 fully saturated rings. The molecule has 1 unspecified atom stereocenters. The van der Waals surface area contributed by atoms with Crippen LogP contribution in [0.5, 0.6) is 0 Å². The average molecular weight is 452 g/mol. The van der Waals surface area contributed by atoms with Gasteiger partial charge in [0.25, 0.3) is 5.91 Å². The molecule has 10 heteroatoms. The van der Waals surface area contributed by atoms with E-state index in [0.717, 1.165) is 31.7 Å². The van der Waals surface area contributed by atoms with Crippen molar-refractivity contribution in [1.29, 1.82) is 5.26 Å². The van der Waals surface area contributed by atoms with Gasteiger partial charge in [0.05, 0.1) is 40.9 Å². The van der Waals surface area contributed by atoms with E-state index in [1.165, 1.54) is 6.20 Å². The van der Waals surface area contributed by atoms with E-state index in [1.54, 1.807) is 37.4 Å². The van der Waals surface area contributed by atoms with Crippen LogP contribution in [0.3, 0.4) is 0 Å². The molecular formula is C22H22ClN7O2. The molecule has 1 saturated heterocycles. The Labute approximate surface area is 190 Å². The number of rotatable bonds is 6. The summed E-state index contributed by atoms with van der Waals surface area (Å²) in [7, 11) is 0. The average Bonchev–Trinajstić information content (AvgIpc) is 3.29. The second kappa shape index (κ2) is 9.77. The first-order valence-corrected chi connectivity index (χ1v) is 10.6. The summed E-state index contributed by atoms with van der Waals surface area (Å²) in [6.45, 7) is 3.08. The van der Waals surface area contributed by atoms with Crippen LogP contribution < -0.4 is 10.6 Å². The van der Waals surface area contributed by atoms with Crippen LogP contribution in [0.4, 0.5) is 11.6 Å². The van der Waals surface area contributed by atoms with Crippen LogP contribution in [0.2, 0.25) is 5.02 Å². The fourth-order valence-electron chi connectivity index (χ4n) is 3.49. The van der Waals surface area contributed by atoms with Gasteiger partial charge in [-0.3, -0.25) is 9.48 Å². The van der Waals surface area contributed by atoms with Gasteiger partial charge in [-0.25, -0.2) is 9.97 Å². The molecular weight excluding hydrogens is 430 g/mol. The summed E-state index contributed by atoms with van der Waals surface area (Å²) >= 11 is 6.38. The highest BCUT2D eigenvalue weighted by Crippen LogP contribution is 2.30. The molecule has 1 atom stereocenters. The number of carbonyl (C=O) groups excluding carboxylic acids is 1. The SMILES string of the molecule is CC(C#N)NC(=O)c1ccccc1-c1nc(Nc2cnn(C3CCOCC3)c2)ncc1Cl. The van der Waals surface area contributed by atoms with Gasteiger partial charge in [-0.15, -0.1) is 0 Å². The van der Waals surface area contributed by atoms with Crippen LogP contribution in [-0.2, 0) is 4.74 Å². The summed E-state index contributed by atoms with van der Waals surface area (Å²) in [5.74, 6) is -0.0480. The quantitative estimate of drug-likeness (QED) is 0.586. The number of nitrogens with one attached hydrogen (secondary N) is 2. The van der Waals surface area contributed by atoms with Crippen molar-refractivity contribution in [3.05, 3.63) is 53.4 Å². The lowest BCUT2D eigenvalue weighted by Gasteiger charge is -2.22. The third kappa shape index (κ3) is 4.88. The molecule has 32 heavy (non-hydrogen) atoms. The maximum absolute atomic E-state index is 12.7. The number of hydrogen-bond acceptors (Lipinski definition) is 7. The van der Waals surface area contributed by atoms with E-state index in [4.69, 9.17) is 21.6 Å². The number of ether oxygens (including phenoxy) is 1. The molecule has 0 radical (unpaired) electrons. The van der Waals surface area contributed by atoms with E-state index in [0.29, 0.717) is 33.8 Å². The van der Waals surface area contributed by atoms with E-state index < -0.39 is 6.04 Å². The van der Waals surface area contributed by atoms with Crippen LogP contribution in [0.15, 0.2) is 42.9 Å². The lowest BCUT2D eigenvalue weighted by atomic mass is 10.0. The number of nitriles is 1. The molecule has 3 heterocycles. The lowest BCUT2D eigenvalue weighted by Crippen LogP contribution is -2.31. The summed E-state index contributed by atoms with van der Waals surface area (Å²) in [5, 5.41) is 19.5. The Bertz CT molecular complexity index is 1150. The second-order valence-electron chi connectivity index (χ2n) is 7.44. The van der Waals surface area contributed by atoms with Crippen molar-refractivity contribution in [3.8, 4) is 17.3 Å². The van der Waals surface area contributed by atoms with Gasteiger partial charge in [0, 0.05) is 30.5 Å². The zero-order chi connectivity index (χ0) is 22.5. The minimum Gasteiger partial charge on any atom is -0.381 e. The molecule has 1 aromatic carbocycles. The molecule has 0 spiro atoms. The van der Waals surface area contributed by atoms with Gasteiger partial charge >= 0.3 is 0 Å². The van der Waals surface area contributed by atoms with Crippen LogP contribution in [0, 0.1) is 11.3 Å². The molecule has 4 rings (SSSR count). The molecule has 2 aromatic heterocycles. The van der Waals surface area contributed by atoms with E-state index in [9.17, 15) is 4.79 Å². The fraction of sp³-hybridized carbons (Fsp3) is 0.318. The summed E-state index contributed by atoms with van der Waals surface area (Å²) in [4.78, 5) is 21.5. The predicted molar refractivity (Wildman–Crippen MR) is 120 cm³/mol. The van der Waals surface area contributed by atoms with Crippen LogP contribution in [-0.4, -0.2) is 44.9 Å². The van der Waals surface area contributed by atoms with Gasteiger partial charge in [-0.1, -0.05) is 29.8 Å². The van der Waals surface area contributed by atoms with Gasteiger partial charge in [0.2, 0.25) is 5.95 Å². The topological polar surface area (TPSA) is 118 Å². The monoisotopic (exact) mass is 451 g/mol. The third-order valence-electron chi connectivity index (χ3n) is 5.13. The lowest BCUT2D eigenvalue weighted by molar-refractivity contribution is 0.0662. The van der Waals surface area contributed by atoms with Gasteiger partial charge in [-0.05, 0) is 25.8 Å². The highest BCUT2D eigenvalue weighted by molar-refractivity contribution is 6.33. The number of carbonyl (C=O) groups is 1. The second-order valence-corrected chi connectivity index (χ2v) is 7.84. The minimum atomic E-state index is -0.624. The first-order valence-electron chi connectivity index (χ1n) is 10.3. The molecule has 164 valence electrons. The van der Waals surface area contributed by atoms with Crippen molar-refractivity contribution in [2.75, 3.05) is 18.5 Å². The van der Waals surface area contributed by atoms with Crippen LogP contribution in [0.1, 0.15) is 36.2 Å². The Morgan fingerprint density at radius 3 is 2.88 bits per heavy atom. The molecule has 3 aromatic rings. The summed E-state index contributed by atoms with van der Waals surface area (Å²) in [5.41, 5.74) is 2.08. The number of benzene rings is 1. The predicted octanol–water partition coefficient (Wildman–Crippen LogP) is 3.73. The molecule has 1 amide bonds. The summed E-state index contributed by atoms with van der Waals surface area (Å²) in [6, 6.07) is 8.63. The maximum Gasteiger partial charge on any atom is 0.252 e. The zero-order valence-corrected chi connectivity index (χ0v) is 18.2. The molecule has 1 aliphatic rings. The maximum atomic E-state index is 12.7. The van der Waals surface area contributed by atoms with Gasteiger partial charge in [0.15, 0.2) is 0 Å². The third-order valence-corrected chi connectivity index (χ3v) is 5.41. The number of aromatic nitrogens is 4. The van der Waals surface area contributed by atoms with Crippen molar-refractivity contribution >= 4 is 29.1 Å².